The highest BCUT2D eigenvalue weighted by Crippen LogP contribution is 2.15. The Morgan fingerprint density at radius 1 is 1.09 bits per heavy atom. The number of anilines is 1. The molecule has 0 saturated carbocycles. The van der Waals surface area contributed by atoms with Gasteiger partial charge in [0.2, 0.25) is 0 Å². The number of hydrogen-bond acceptors (Lipinski definition) is 4. The monoisotopic (exact) mass is 434 g/mol. The van der Waals surface area contributed by atoms with Crippen molar-refractivity contribution in [1.29, 1.82) is 0 Å². The van der Waals surface area contributed by atoms with Gasteiger partial charge in [-0.1, -0.05) is 36.4 Å². The van der Waals surface area contributed by atoms with E-state index < -0.39 is 0 Å². The molecule has 2 amide bonds. The summed E-state index contributed by atoms with van der Waals surface area (Å²) in [6.45, 7) is 3.13. The third-order valence-electron chi connectivity index (χ3n) is 5.41. The van der Waals surface area contributed by atoms with Gasteiger partial charge in [0, 0.05) is 31.2 Å². The minimum atomic E-state index is -0.237. The lowest BCUT2D eigenvalue weighted by Gasteiger charge is -2.22. The average Bonchev–Trinajstić information content (AvgIpc) is 3.33. The maximum Gasteiger partial charge on any atom is 0.319 e. The largest absolute Gasteiger partial charge is 0.376 e. The topological polar surface area (TPSA) is 77.4 Å². The van der Waals surface area contributed by atoms with E-state index in [1.165, 1.54) is 6.42 Å². The first-order chi connectivity index (χ1) is 15.7. The molecular formula is C25H30N4O3. The molecule has 4 rings (SSSR count). The molecule has 1 aliphatic heterocycles. The molecule has 2 heterocycles. The third kappa shape index (κ3) is 6.93. The summed E-state index contributed by atoms with van der Waals surface area (Å²) in [5.41, 5.74) is 3.96. The highest BCUT2D eigenvalue weighted by atomic mass is 16.5. The zero-order valence-corrected chi connectivity index (χ0v) is 18.2. The highest BCUT2D eigenvalue weighted by molar-refractivity contribution is 5.89. The molecule has 1 saturated heterocycles. The van der Waals surface area contributed by atoms with E-state index in [9.17, 15) is 4.79 Å². The molecule has 1 aliphatic rings. The number of urea groups is 1. The van der Waals surface area contributed by atoms with E-state index in [1.54, 1.807) is 6.20 Å². The smallest absolute Gasteiger partial charge is 0.319 e. The molecule has 0 radical (unpaired) electrons. The lowest BCUT2D eigenvalue weighted by molar-refractivity contribution is -0.0447. The van der Waals surface area contributed by atoms with Crippen LogP contribution in [0.3, 0.4) is 0 Å². The van der Waals surface area contributed by atoms with E-state index in [0.717, 1.165) is 48.4 Å². The van der Waals surface area contributed by atoms with Crippen LogP contribution in [0.15, 0.2) is 67.0 Å². The Kier molecular flexibility index (Phi) is 7.89. The summed E-state index contributed by atoms with van der Waals surface area (Å²) in [4.78, 5) is 12.3. The average molecular weight is 435 g/mol. The molecule has 1 aromatic heterocycles. The van der Waals surface area contributed by atoms with Gasteiger partial charge >= 0.3 is 6.03 Å². The number of rotatable bonds is 9. The van der Waals surface area contributed by atoms with Gasteiger partial charge in [-0.25, -0.2) is 4.79 Å². The first-order valence-electron chi connectivity index (χ1n) is 11.1. The first kappa shape index (κ1) is 22.0. The summed E-state index contributed by atoms with van der Waals surface area (Å²) < 4.78 is 13.4. The van der Waals surface area contributed by atoms with Crippen molar-refractivity contribution in [2.75, 3.05) is 18.5 Å². The van der Waals surface area contributed by atoms with Crippen LogP contribution in [0.4, 0.5) is 10.5 Å². The summed E-state index contributed by atoms with van der Waals surface area (Å²) in [6, 6.07) is 17.5. The number of nitrogens with one attached hydrogen (secondary N) is 2. The van der Waals surface area contributed by atoms with E-state index >= 15 is 0 Å². The molecule has 7 nitrogen and oxygen atoms in total. The molecule has 32 heavy (non-hydrogen) atoms. The van der Waals surface area contributed by atoms with Gasteiger partial charge in [-0.2, -0.15) is 5.10 Å². The van der Waals surface area contributed by atoms with Crippen LogP contribution in [-0.2, 0) is 29.2 Å². The van der Waals surface area contributed by atoms with E-state index in [1.807, 2.05) is 53.3 Å². The van der Waals surface area contributed by atoms with Crippen LogP contribution in [0.2, 0.25) is 0 Å². The Labute approximate surface area is 188 Å². The summed E-state index contributed by atoms with van der Waals surface area (Å²) in [5, 5.41) is 10.0. The van der Waals surface area contributed by atoms with Crippen LogP contribution in [0.1, 0.15) is 36.0 Å². The number of carbonyl (C=O) groups is 1. The van der Waals surface area contributed by atoms with Crippen molar-refractivity contribution in [3.63, 3.8) is 0 Å². The predicted molar refractivity (Wildman–Crippen MR) is 123 cm³/mol. The zero-order valence-electron chi connectivity index (χ0n) is 18.2. The van der Waals surface area contributed by atoms with Crippen LogP contribution < -0.4 is 10.6 Å². The van der Waals surface area contributed by atoms with Gasteiger partial charge in [0.05, 0.1) is 25.9 Å². The predicted octanol–water partition coefficient (Wildman–Crippen LogP) is 4.34. The van der Waals surface area contributed by atoms with Crippen LogP contribution in [0, 0.1) is 0 Å². The van der Waals surface area contributed by atoms with Gasteiger partial charge in [-0.05, 0) is 54.2 Å². The second-order valence-corrected chi connectivity index (χ2v) is 8.03. The van der Waals surface area contributed by atoms with Crippen LogP contribution in [0.5, 0.6) is 0 Å². The maximum atomic E-state index is 12.3. The molecule has 1 atom stereocenters. The fraction of sp³-hybridized carbons (Fsp3) is 0.360. The second-order valence-electron chi connectivity index (χ2n) is 8.03. The fourth-order valence-electron chi connectivity index (χ4n) is 3.69. The fourth-order valence-corrected chi connectivity index (χ4v) is 3.69. The molecule has 1 fully saturated rings. The number of carbonyl (C=O) groups excluding carboxylic acids is 1. The molecule has 0 spiro atoms. The summed E-state index contributed by atoms with van der Waals surface area (Å²) in [6.07, 6.45) is 7.32. The third-order valence-corrected chi connectivity index (χ3v) is 5.41. The lowest BCUT2D eigenvalue weighted by atomic mass is 10.1. The number of ether oxygens (including phenoxy) is 2. The molecule has 168 valence electrons. The van der Waals surface area contributed by atoms with Gasteiger partial charge in [0.15, 0.2) is 0 Å². The minimum absolute atomic E-state index is 0.204. The van der Waals surface area contributed by atoms with Crippen LogP contribution in [0.25, 0.3) is 0 Å². The highest BCUT2D eigenvalue weighted by Gasteiger charge is 2.13. The van der Waals surface area contributed by atoms with Crippen molar-refractivity contribution in [2.45, 2.75) is 45.1 Å². The standard InChI is InChI=1S/C25H30N4O3/c30-25(26-16-20-8-10-21(11-9-20)17-29-13-4-12-27-29)28-23-6-3-5-22(15-23)18-31-19-24-7-1-2-14-32-24/h3-6,8-13,15,24H,1-2,7,14,16-19H2,(H2,26,28,30). The Morgan fingerprint density at radius 3 is 2.75 bits per heavy atom. The molecular weight excluding hydrogens is 404 g/mol. The molecule has 0 aliphatic carbocycles. The molecule has 3 aromatic rings. The molecule has 2 N–H and O–H groups in total. The van der Waals surface area contributed by atoms with Crippen LogP contribution >= 0.6 is 0 Å². The Morgan fingerprint density at radius 2 is 1.97 bits per heavy atom. The van der Waals surface area contributed by atoms with Crippen molar-refractivity contribution >= 4 is 11.7 Å². The van der Waals surface area contributed by atoms with E-state index in [2.05, 4.69) is 27.9 Å². The lowest BCUT2D eigenvalue weighted by Crippen LogP contribution is -2.28. The van der Waals surface area contributed by atoms with E-state index in [0.29, 0.717) is 19.8 Å². The minimum Gasteiger partial charge on any atom is -0.376 e. The van der Waals surface area contributed by atoms with Gasteiger partial charge < -0.3 is 20.1 Å². The summed E-state index contributed by atoms with van der Waals surface area (Å²) in [5.74, 6) is 0. The number of aromatic nitrogens is 2. The zero-order chi connectivity index (χ0) is 22.0. The summed E-state index contributed by atoms with van der Waals surface area (Å²) >= 11 is 0. The number of benzene rings is 2. The maximum absolute atomic E-state index is 12.3. The molecule has 1 unspecified atom stereocenters. The number of amides is 2. The van der Waals surface area contributed by atoms with Crippen molar-refractivity contribution in [2.24, 2.45) is 0 Å². The SMILES string of the molecule is O=C(NCc1ccc(Cn2cccn2)cc1)Nc1cccc(COCC2CCCCO2)c1. The number of nitrogens with zero attached hydrogens (tertiary/aromatic N) is 2. The van der Waals surface area contributed by atoms with Gasteiger partial charge in [-0.3, -0.25) is 4.68 Å². The van der Waals surface area contributed by atoms with Crippen molar-refractivity contribution in [3.8, 4) is 0 Å². The molecule has 7 heteroatoms. The van der Waals surface area contributed by atoms with Crippen molar-refractivity contribution in [1.82, 2.24) is 15.1 Å². The Hall–Kier alpha value is -3.16. The second kappa shape index (κ2) is 11.5. The quantitative estimate of drug-likeness (QED) is 0.525. The van der Waals surface area contributed by atoms with Crippen LogP contribution in [-0.4, -0.2) is 35.1 Å². The Balaban J connectivity index is 1.19. The normalized spacial score (nSPS) is 15.9. The Bertz CT molecular complexity index is 967. The molecule has 0 bridgehead atoms. The van der Waals surface area contributed by atoms with Gasteiger partial charge in [0.25, 0.3) is 0 Å². The van der Waals surface area contributed by atoms with E-state index in [4.69, 9.17) is 9.47 Å². The molecule has 2 aromatic carbocycles. The summed E-state index contributed by atoms with van der Waals surface area (Å²) in [7, 11) is 0. The first-order valence-corrected chi connectivity index (χ1v) is 11.1. The van der Waals surface area contributed by atoms with Gasteiger partial charge in [0.1, 0.15) is 0 Å². The van der Waals surface area contributed by atoms with Crippen molar-refractivity contribution < 1.29 is 14.3 Å². The van der Waals surface area contributed by atoms with E-state index in [-0.39, 0.29) is 12.1 Å². The number of hydrogen-bond donors (Lipinski definition) is 2. The van der Waals surface area contributed by atoms with Gasteiger partial charge in [-0.15, -0.1) is 0 Å². The van der Waals surface area contributed by atoms with Crippen molar-refractivity contribution in [3.05, 3.63) is 83.7 Å².